The van der Waals surface area contributed by atoms with E-state index in [9.17, 15) is 19.8 Å². The van der Waals surface area contributed by atoms with Crippen molar-refractivity contribution in [2.75, 3.05) is 52.4 Å². The lowest BCUT2D eigenvalue weighted by atomic mass is 9.46. The Hall–Kier alpha value is -2.56. The Morgan fingerprint density at radius 1 is 1.08 bits per heavy atom. The van der Waals surface area contributed by atoms with Gasteiger partial charge in [0.15, 0.2) is 0 Å². The van der Waals surface area contributed by atoms with Crippen LogP contribution in [0.25, 0.3) is 0 Å². The molecule has 2 aliphatic carbocycles. The largest absolute Gasteiger partial charge is 0.497 e. The van der Waals surface area contributed by atoms with Gasteiger partial charge in [0, 0.05) is 43.1 Å². The van der Waals surface area contributed by atoms with Crippen LogP contribution in [-0.2, 0) is 14.3 Å². The number of anilines is 1. The van der Waals surface area contributed by atoms with Crippen molar-refractivity contribution in [3.05, 3.63) is 18.2 Å². The zero-order valence-electron chi connectivity index (χ0n) is 22.9. The number of carbonyl (C=O) groups excluding carboxylic acids is 2. The van der Waals surface area contributed by atoms with Gasteiger partial charge in [0.25, 0.3) is 0 Å². The van der Waals surface area contributed by atoms with E-state index in [1.807, 2.05) is 11.8 Å². The molecule has 38 heavy (non-hydrogen) atoms. The number of fused-ring (bicyclic) bond motifs is 1. The SMILES string of the molecule is COc1cc(NC(=O)O[C@@H]2CC[C@]3(C)[C@H](CC[C@@H](O)[C@H]3CC(=O)N3CCOCC3)[C@]2(C)CO)cc(OC)c1. The van der Waals surface area contributed by atoms with Crippen LogP contribution < -0.4 is 14.8 Å². The van der Waals surface area contributed by atoms with Gasteiger partial charge in [-0.15, -0.1) is 0 Å². The summed E-state index contributed by atoms with van der Waals surface area (Å²) in [5.41, 5.74) is -0.634. The molecule has 10 heteroatoms. The number of benzene rings is 1. The highest BCUT2D eigenvalue weighted by molar-refractivity contribution is 5.85. The minimum atomic E-state index is -0.725. The van der Waals surface area contributed by atoms with Crippen molar-refractivity contribution in [1.82, 2.24) is 4.90 Å². The zero-order chi connectivity index (χ0) is 27.5. The summed E-state index contributed by atoms with van der Waals surface area (Å²) in [6.45, 7) is 6.12. The van der Waals surface area contributed by atoms with Crippen LogP contribution in [0.4, 0.5) is 10.5 Å². The molecule has 0 radical (unpaired) electrons. The lowest BCUT2D eigenvalue weighted by Gasteiger charge is -2.60. The molecule has 10 nitrogen and oxygen atoms in total. The second-order valence-corrected chi connectivity index (χ2v) is 11.3. The molecule has 1 saturated heterocycles. The Kier molecular flexibility index (Phi) is 8.74. The Labute approximate surface area is 224 Å². The summed E-state index contributed by atoms with van der Waals surface area (Å²) in [7, 11) is 3.07. The fourth-order valence-electron chi connectivity index (χ4n) is 7.07. The molecule has 6 atom stereocenters. The first-order valence-electron chi connectivity index (χ1n) is 13.5. The van der Waals surface area contributed by atoms with Crippen LogP contribution in [0.1, 0.15) is 46.0 Å². The van der Waals surface area contributed by atoms with E-state index >= 15 is 0 Å². The van der Waals surface area contributed by atoms with Gasteiger partial charge in [-0.2, -0.15) is 0 Å². The van der Waals surface area contributed by atoms with Crippen LogP contribution in [0.2, 0.25) is 0 Å². The molecule has 3 fully saturated rings. The number of ether oxygens (including phenoxy) is 4. The molecule has 1 aromatic rings. The lowest BCUT2D eigenvalue weighted by molar-refractivity contribution is -0.187. The van der Waals surface area contributed by atoms with E-state index in [1.165, 1.54) is 14.2 Å². The first kappa shape index (κ1) is 28.4. The molecule has 0 bridgehead atoms. The number of hydrogen-bond donors (Lipinski definition) is 3. The van der Waals surface area contributed by atoms with Gasteiger partial charge >= 0.3 is 6.09 Å². The van der Waals surface area contributed by atoms with Gasteiger partial charge in [-0.05, 0) is 42.9 Å². The second kappa shape index (κ2) is 11.7. The van der Waals surface area contributed by atoms with Gasteiger partial charge in [-0.1, -0.05) is 13.8 Å². The maximum atomic E-state index is 13.1. The summed E-state index contributed by atoms with van der Waals surface area (Å²) >= 11 is 0. The van der Waals surface area contributed by atoms with Crippen LogP contribution in [-0.4, -0.2) is 86.5 Å². The number of amides is 2. The minimum absolute atomic E-state index is 0.0330. The van der Waals surface area contributed by atoms with Crippen molar-refractivity contribution >= 4 is 17.7 Å². The van der Waals surface area contributed by atoms with E-state index in [0.29, 0.717) is 69.2 Å². The summed E-state index contributed by atoms with van der Waals surface area (Å²) < 4.78 is 21.9. The first-order valence-corrected chi connectivity index (χ1v) is 13.5. The third-order valence-corrected chi connectivity index (χ3v) is 9.28. The Morgan fingerprint density at radius 3 is 2.34 bits per heavy atom. The second-order valence-electron chi connectivity index (χ2n) is 11.3. The monoisotopic (exact) mass is 534 g/mol. The van der Waals surface area contributed by atoms with E-state index < -0.39 is 23.7 Å². The third kappa shape index (κ3) is 5.58. The molecule has 2 saturated carbocycles. The number of aliphatic hydroxyl groups is 2. The highest BCUT2D eigenvalue weighted by atomic mass is 16.6. The molecule has 3 N–H and O–H groups in total. The molecule has 0 aromatic heterocycles. The summed E-state index contributed by atoms with van der Waals surface area (Å²) in [4.78, 5) is 27.9. The molecule has 0 spiro atoms. The first-order chi connectivity index (χ1) is 18.1. The molecule has 212 valence electrons. The Morgan fingerprint density at radius 2 is 1.74 bits per heavy atom. The van der Waals surface area contributed by atoms with Crippen molar-refractivity contribution in [1.29, 1.82) is 0 Å². The fraction of sp³-hybridized carbons (Fsp3) is 0.714. The van der Waals surface area contributed by atoms with Crippen LogP contribution in [0.3, 0.4) is 0 Å². The quantitative estimate of drug-likeness (QED) is 0.487. The van der Waals surface area contributed by atoms with Crippen molar-refractivity contribution in [2.24, 2.45) is 22.7 Å². The van der Waals surface area contributed by atoms with Gasteiger partial charge in [0.05, 0.1) is 45.8 Å². The van der Waals surface area contributed by atoms with Crippen LogP contribution >= 0.6 is 0 Å². The molecule has 1 aliphatic heterocycles. The Balaban J connectivity index is 1.49. The molecule has 1 heterocycles. The number of hydrogen-bond acceptors (Lipinski definition) is 8. The molecule has 0 unspecified atom stereocenters. The highest BCUT2D eigenvalue weighted by Crippen LogP contribution is 2.61. The topological polar surface area (TPSA) is 127 Å². The van der Waals surface area contributed by atoms with Gasteiger partial charge in [0.1, 0.15) is 17.6 Å². The molecule has 3 aliphatic rings. The maximum absolute atomic E-state index is 13.1. The molecular weight excluding hydrogens is 492 g/mol. The highest BCUT2D eigenvalue weighted by Gasteiger charge is 2.60. The predicted molar refractivity (Wildman–Crippen MR) is 140 cm³/mol. The van der Waals surface area contributed by atoms with Crippen molar-refractivity contribution in [3.8, 4) is 11.5 Å². The normalized spacial score (nSPS) is 33.2. The van der Waals surface area contributed by atoms with Gasteiger partial charge in [-0.25, -0.2) is 4.79 Å². The number of carbonyl (C=O) groups is 2. The average Bonchev–Trinajstić information content (AvgIpc) is 2.92. The van der Waals surface area contributed by atoms with E-state index in [0.717, 1.165) is 0 Å². The van der Waals surface area contributed by atoms with Crippen molar-refractivity contribution in [2.45, 2.75) is 58.2 Å². The number of aliphatic hydroxyl groups excluding tert-OH is 2. The van der Waals surface area contributed by atoms with Crippen LogP contribution in [0.5, 0.6) is 11.5 Å². The zero-order valence-corrected chi connectivity index (χ0v) is 22.9. The molecule has 2 amide bonds. The van der Waals surface area contributed by atoms with Gasteiger partial charge in [0.2, 0.25) is 5.91 Å². The smallest absolute Gasteiger partial charge is 0.411 e. The van der Waals surface area contributed by atoms with Gasteiger partial charge in [-0.3, -0.25) is 10.1 Å². The van der Waals surface area contributed by atoms with Crippen molar-refractivity contribution < 1.29 is 38.7 Å². The van der Waals surface area contributed by atoms with Crippen LogP contribution in [0.15, 0.2) is 18.2 Å². The molecule has 1 aromatic carbocycles. The third-order valence-electron chi connectivity index (χ3n) is 9.28. The summed E-state index contributed by atoms with van der Waals surface area (Å²) in [6.07, 6.45) is 0.953. The number of rotatable bonds is 7. The van der Waals surface area contributed by atoms with E-state index in [2.05, 4.69) is 12.2 Å². The summed E-state index contributed by atoms with van der Waals surface area (Å²) in [5.74, 6) is 0.839. The average molecular weight is 535 g/mol. The number of morpholine rings is 1. The Bertz CT molecular complexity index is 977. The number of nitrogens with zero attached hydrogens (tertiary/aromatic N) is 1. The summed E-state index contributed by atoms with van der Waals surface area (Å²) in [6, 6.07) is 5.05. The van der Waals surface area contributed by atoms with Crippen LogP contribution in [0, 0.1) is 22.7 Å². The lowest BCUT2D eigenvalue weighted by Crippen LogP contribution is -2.61. The fourth-order valence-corrected chi connectivity index (χ4v) is 7.07. The van der Waals surface area contributed by atoms with E-state index in [-0.39, 0.29) is 36.2 Å². The van der Waals surface area contributed by atoms with Crippen molar-refractivity contribution in [3.63, 3.8) is 0 Å². The standard InChI is InChI=1S/C28H42N2O8/c1-27-8-7-24(38-26(34)29-18-13-19(35-3)15-20(14-18)36-4)28(2,17-31)23(27)6-5-22(32)21(27)16-25(33)30-9-11-37-12-10-30/h13-15,21-24,31-32H,5-12,16-17H2,1-4H3,(H,29,34)/t21-,22-,23+,24-,27+,28+/m1/s1. The van der Waals surface area contributed by atoms with Gasteiger partial charge < -0.3 is 34.1 Å². The molecular formula is C28H42N2O8. The predicted octanol–water partition coefficient (Wildman–Crippen LogP) is 3.06. The summed E-state index contributed by atoms with van der Waals surface area (Å²) in [5, 5.41) is 24.5. The molecule has 4 rings (SSSR count). The number of methoxy groups -OCH3 is 2. The van der Waals surface area contributed by atoms with E-state index in [1.54, 1.807) is 18.2 Å². The minimum Gasteiger partial charge on any atom is -0.497 e. The number of nitrogens with one attached hydrogen (secondary N) is 1. The van der Waals surface area contributed by atoms with E-state index in [4.69, 9.17) is 18.9 Å². The maximum Gasteiger partial charge on any atom is 0.411 e.